The lowest BCUT2D eigenvalue weighted by atomic mass is 9.89. The Hall–Kier alpha value is -0.805. The number of ether oxygens (including phenoxy) is 2. The monoisotopic (exact) mass is 153 g/mol. The van der Waals surface area contributed by atoms with E-state index >= 15 is 0 Å². The fraction of sp³-hybridized carbons (Fsp3) is 0.500. The fourth-order valence-electron chi connectivity index (χ4n) is 0.554. The number of hydrogen-bond acceptors (Lipinski definition) is 2. The molecule has 2 nitrogen and oxygen atoms in total. The van der Waals surface area contributed by atoms with Gasteiger partial charge in [-0.1, -0.05) is 0 Å². The van der Waals surface area contributed by atoms with Crippen LogP contribution >= 0.6 is 0 Å². The highest BCUT2D eigenvalue weighted by Gasteiger charge is 2.32. The van der Waals surface area contributed by atoms with Gasteiger partial charge in [-0.05, 0) is 0 Å². The predicted octanol–water partition coefficient (Wildman–Crippen LogP) is 1.26. The molecular formula is C4H5BF3O2-. The van der Waals surface area contributed by atoms with Crippen LogP contribution in [0.2, 0.25) is 0 Å². The molecule has 58 valence electrons. The van der Waals surface area contributed by atoms with Crippen LogP contribution in [0.15, 0.2) is 11.9 Å². The van der Waals surface area contributed by atoms with Crippen molar-refractivity contribution in [3.05, 3.63) is 11.9 Å². The maximum Gasteiger partial charge on any atom is 0.546 e. The van der Waals surface area contributed by atoms with Crippen LogP contribution in [0, 0.1) is 0 Å². The number of hydrogen-bond donors (Lipinski definition) is 0. The summed E-state index contributed by atoms with van der Waals surface area (Å²) in [5, 5.41) is 0. The molecule has 0 aliphatic carbocycles. The van der Waals surface area contributed by atoms with E-state index in [1.54, 1.807) is 0 Å². The van der Waals surface area contributed by atoms with Gasteiger partial charge < -0.3 is 22.4 Å². The summed E-state index contributed by atoms with van der Waals surface area (Å²) in [5.41, 5.74) is -0.994. The largest absolute Gasteiger partial charge is 0.546 e. The van der Waals surface area contributed by atoms with Crippen LogP contribution in [0.1, 0.15) is 0 Å². The fourth-order valence-corrected chi connectivity index (χ4v) is 0.554. The molecule has 0 N–H and O–H groups in total. The molecular weight excluding hydrogens is 148 g/mol. The molecule has 0 saturated heterocycles. The van der Waals surface area contributed by atoms with Gasteiger partial charge in [0, 0.05) is 0 Å². The van der Waals surface area contributed by atoms with Gasteiger partial charge in [0.2, 0.25) is 0 Å². The molecule has 1 heterocycles. The van der Waals surface area contributed by atoms with Crippen LogP contribution in [-0.2, 0) is 9.47 Å². The number of rotatable bonds is 1. The second-order valence-corrected chi connectivity index (χ2v) is 1.81. The van der Waals surface area contributed by atoms with Crippen LogP contribution in [0.5, 0.6) is 0 Å². The molecule has 1 aliphatic rings. The van der Waals surface area contributed by atoms with Gasteiger partial charge >= 0.3 is 6.98 Å². The van der Waals surface area contributed by atoms with Gasteiger partial charge in [0.15, 0.2) is 0 Å². The Morgan fingerprint density at radius 2 is 2.00 bits per heavy atom. The van der Waals surface area contributed by atoms with Crippen LogP contribution in [0.4, 0.5) is 12.9 Å². The van der Waals surface area contributed by atoms with E-state index in [9.17, 15) is 12.9 Å². The molecule has 6 heteroatoms. The highest BCUT2D eigenvalue weighted by Crippen LogP contribution is 2.22. The Bertz CT molecular complexity index is 153. The van der Waals surface area contributed by atoms with Crippen LogP contribution in [-0.4, -0.2) is 20.2 Å². The normalized spacial score (nSPS) is 18.9. The van der Waals surface area contributed by atoms with Crippen molar-refractivity contribution >= 4 is 6.98 Å². The molecule has 10 heavy (non-hydrogen) atoms. The molecule has 1 aliphatic heterocycles. The first-order chi connectivity index (χ1) is 4.61. The standard InChI is InChI=1S/C4H5BF3O2/c6-5(7,8)4-3-9-1-2-10-4/h3H,1-2H2/q-1. The summed E-state index contributed by atoms with van der Waals surface area (Å²) >= 11 is 0. The van der Waals surface area contributed by atoms with Crippen molar-refractivity contribution in [3.63, 3.8) is 0 Å². The zero-order chi connectivity index (χ0) is 7.61. The lowest BCUT2D eigenvalue weighted by Gasteiger charge is -2.23. The van der Waals surface area contributed by atoms with Crippen molar-refractivity contribution < 1.29 is 22.4 Å². The Labute approximate surface area is 55.7 Å². The Kier molecular flexibility index (Phi) is 1.78. The average Bonchev–Trinajstić information content (AvgIpc) is 1.88. The molecule has 0 spiro atoms. The third-order valence-corrected chi connectivity index (χ3v) is 0.992. The van der Waals surface area contributed by atoms with E-state index in [-0.39, 0.29) is 13.2 Å². The molecule has 1 rings (SSSR count). The first-order valence-electron chi connectivity index (χ1n) is 2.75. The third-order valence-electron chi connectivity index (χ3n) is 0.992. The van der Waals surface area contributed by atoms with E-state index in [1.807, 2.05) is 0 Å². The molecule has 0 radical (unpaired) electrons. The van der Waals surface area contributed by atoms with Crippen LogP contribution in [0.3, 0.4) is 0 Å². The van der Waals surface area contributed by atoms with E-state index < -0.39 is 12.6 Å². The quantitative estimate of drug-likeness (QED) is 0.527. The maximum absolute atomic E-state index is 11.7. The summed E-state index contributed by atoms with van der Waals surface area (Å²) in [6, 6.07) is 0. The summed E-state index contributed by atoms with van der Waals surface area (Å²) in [4.78, 5) is 0. The Balaban J connectivity index is 2.62. The summed E-state index contributed by atoms with van der Waals surface area (Å²) in [5.74, 6) is 0. The lowest BCUT2D eigenvalue weighted by molar-refractivity contribution is 0.0886. The molecule has 0 bridgehead atoms. The van der Waals surface area contributed by atoms with Gasteiger partial charge in [0.1, 0.15) is 13.2 Å². The van der Waals surface area contributed by atoms with Crippen molar-refractivity contribution in [1.82, 2.24) is 0 Å². The predicted molar refractivity (Wildman–Crippen MR) is 29.1 cm³/mol. The first kappa shape index (κ1) is 7.30. The Morgan fingerprint density at radius 1 is 1.30 bits per heavy atom. The molecule has 0 fully saturated rings. The lowest BCUT2D eigenvalue weighted by Crippen LogP contribution is -2.25. The van der Waals surface area contributed by atoms with Crippen molar-refractivity contribution in [2.24, 2.45) is 0 Å². The van der Waals surface area contributed by atoms with Crippen molar-refractivity contribution in [2.75, 3.05) is 13.2 Å². The SMILES string of the molecule is F[B-](F)(F)C1=COCCO1. The summed E-state index contributed by atoms with van der Waals surface area (Å²) in [6.07, 6.45) is 0.615. The second kappa shape index (κ2) is 2.44. The topological polar surface area (TPSA) is 18.5 Å². The van der Waals surface area contributed by atoms with Crippen LogP contribution < -0.4 is 0 Å². The van der Waals surface area contributed by atoms with Crippen molar-refractivity contribution in [1.29, 1.82) is 0 Å². The minimum atomic E-state index is -5.01. The molecule has 0 saturated carbocycles. The van der Waals surface area contributed by atoms with Gasteiger partial charge in [-0.25, -0.2) is 0 Å². The van der Waals surface area contributed by atoms with Gasteiger partial charge in [0.05, 0.1) is 11.9 Å². The number of halogens is 3. The molecule has 0 aromatic rings. The van der Waals surface area contributed by atoms with E-state index in [2.05, 4.69) is 9.47 Å². The highest BCUT2D eigenvalue weighted by molar-refractivity contribution is 6.66. The van der Waals surface area contributed by atoms with E-state index in [4.69, 9.17) is 0 Å². The summed E-state index contributed by atoms with van der Waals surface area (Å²) in [6.45, 7) is -4.84. The highest BCUT2D eigenvalue weighted by atomic mass is 19.4. The van der Waals surface area contributed by atoms with E-state index in [0.29, 0.717) is 6.26 Å². The summed E-state index contributed by atoms with van der Waals surface area (Å²) in [7, 11) is 0. The van der Waals surface area contributed by atoms with Gasteiger partial charge in [-0.2, -0.15) is 0 Å². The summed E-state index contributed by atoms with van der Waals surface area (Å²) < 4.78 is 43.9. The molecule has 0 unspecified atom stereocenters. The van der Waals surface area contributed by atoms with Gasteiger partial charge in [0.25, 0.3) is 0 Å². The molecule has 0 amide bonds. The maximum atomic E-state index is 11.7. The molecule has 0 atom stereocenters. The Morgan fingerprint density at radius 3 is 2.30 bits per heavy atom. The minimum Gasteiger partial charge on any atom is -0.523 e. The van der Waals surface area contributed by atoms with E-state index in [1.165, 1.54) is 0 Å². The second-order valence-electron chi connectivity index (χ2n) is 1.81. The van der Waals surface area contributed by atoms with Gasteiger partial charge in [-0.15, -0.1) is 0 Å². The van der Waals surface area contributed by atoms with Crippen molar-refractivity contribution in [2.45, 2.75) is 0 Å². The van der Waals surface area contributed by atoms with E-state index in [0.717, 1.165) is 0 Å². The van der Waals surface area contributed by atoms with Crippen molar-refractivity contribution in [3.8, 4) is 0 Å². The third kappa shape index (κ3) is 1.59. The van der Waals surface area contributed by atoms with Crippen LogP contribution in [0.25, 0.3) is 0 Å². The molecule has 0 aromatic heterocycles. The minimum absolute atomic E-state index is 0.0207. The molecule has 0 aromatic carbocycles. The zero-order valence-electron chi connectivity index (χ0n) is 5.02. The zero-order valence-corrected chi connectivity index (χ0v) is 5.02. The van der Waals surface area contributed by atoms with Gasteiger partial charge in [-0.3, -0.25) is 0 Å². The first-order valence-corrected chi connectivity index (χ1v) is 2.75. The smallest absolute Gasteiger partial charge is 0.523 e. The average molecular weight is 153 g/mol.